The Balaban J connectivity index is 1.22. The van der Waals surface area contributed by atoms with E-state index < -0.39 is 0 Å². The van der Waals surface area contributed by atoms with E-state index in [1.165, 1.54) is 55.2 Å². The third kappa shape index (κ3) is 4.75. The van der Waals surface area contributed by atoms with Crippen molar-refractivity contribution in [3.63, 3.8) is 0 Å². The zero-order valence-electron chi connectivity index (χ0n) is 29.1. The predicted octanol–water partition coefficient (Wildman–Crippen LogP) is 11.3. The molecule has 248 valence electrons. The Hall–Kier alpha value is -6.52. The maximum atomic E-state index is 5.22. The van der Waals surface area contributed by atoms with E-state index in [2.05, 4.69) is 169 Å². The van der Waals surface area contributed by atoms with Gasteiger partial charge in [0.2, 0.25) is 0 Å². The van der Waals surface area contributed by atoms with Crippen molar-refractivity contribution in [1.29, 1.82) is 0 Å². The highest BCUT2D eigenvalue weighted by atomic mass is 15.2. The molecule has 4 heteroatoms. The third-order valence-corrected chi connectivity index (χ3v) is 10.8. The van der Waals surface area contributed by atoms with E-state index in [-0.39, 0.29) is 11.6 Å². The molecular formula is C48H36N4. The summed E-state index contributed by atoms with van der Waals surface area (Å²) in [6, 6.07) is 60.6. The van der Waals surface area contributed by atoms with E-state index in [0.29, 0.717) is 5.84 Å². The molecule has 8 aromatic rings. The summed E-state index contributed by atoms with van der Waals surface area (Å²) in [7, 11) is 0. The topological polar surface area (TPSA) is 41.7 Å². The molecule has 1 aliphatic carbocycles. The summed E-state index contributed by atoms with van der Waals surface area (Å²) in [5.74, 6) is 1.52. The number of amidine groups is 2. The van der Waals surface area contributed by atoms with Gasteiger partial charge in [-0.05, 0) is 57.1 Å². The van der Waals surface area contributed by atoms with Gasteiger partial charge in [0.05, 0.1) is 11.0 Å². The molecule has 0 fully saturated rings. The van der Waals surface area contributed by atoms with Crippen LogP contribution < -0.4 is 5.32 Å². The van der Waals surface area contributed by atoms with Crippen molar-refractivity contribution in [2.45, 2.75) is 25.4 Å². The van der Waals surface area contributed by atoms with E-state index in [1.807, 2.05) is 24.3 Å². The maximum Gasteiger partial charge on any atom is 0.159 e. The van der Waals surface area contributed by atoms with E-state index in [4.69, 9.17) is 9.98 Å². The van der Waals surface area contributed by atoms with Crippen molar-refractivity contribution in [2.24, 2.45) is 9.98 Å². The molecular weight excluding hydrogens is 633 g/mol. The number of rotatable bonds is 5. The molecule has 1 N–H and O–H groups in total. The summed E-state index contributed by atoms with van der Waals surface area (Å²) in [6.07, 6.45) is -0.267. The molecule has 52 heavy (non-hydrogen) atoms. The fourth-order valence-corrected chi connectivity index (χ4v) is 8.35. The molecule has 10 rings (SSSR count). The second kappa shape index (κ2) is 11.8. The van der Waals surface area contributed by atoms with Crippen LogP contribution >= 0.6 is 0 Å². The summed E-state index contributed by atoms with van der Waals surface area (Å²) in [4.78, 5) is 10.4. The molecule has 2 aliphatic rings. The molecule has 7 aromatic carbocycles. The number of fused-ring (bicyclic) bond motifs is 7. The zero-order valence-corrected chi connectivity index (χ0v) is 29.1. The summed E-state index contributed by atoms with van der Waals surface area (Å²) in [5.41, 5.74) is 14.2. The monoisotopic (exact) mass is 668 g/mol. The molecule has 0 bridgehead atoms. The largest absolute Gasteiger partial charge is 0.344 e. The van der Waals surface area contributed by atoms with Gasteiger partial charge in [-0.3, -0.25) is 0 Å². The maximum absolute atomic E-state index is 5.22. The molecule has 1 unspecified atom stereocenters. The minimum absolute atomic E-state index is 0.186. The van der Waals surface area contributed by atoms with Crippen molar-refractivity contribution in [1.82, 2.24) is 9.88 Å². The van der Waals surface area contributed by atoms with Crippen LogP contribution in [0.15, 0.2) is 180 Å². The number of benzene rings is 7. The molecule has 0 amide bonds. The summed E-state index contributed by atoms with van der Waals surface area (Å²) < 4.78 is 2.49. The summed E-state index contributed by atoms with van der Waals surface area (Å²) >= 11 is 0. The van der Waals surface area contributed by atoms with E-state index in [0.717, 1.165) is 28.2 Å². The van der Waals surface area contributed by atoms with Crippen molar-refractivity contribution in [3.8, 4) is 27.9 Å². The lowest BCUT2D eigenvalue weighted by Crippen LogP contribution is -2.33. The first-order valence-electron chi connectivity index (χ1n) is 18.0. The Morgan fingerprint density at radius 1 is 0.558 bits per heavy atom. The number of aromatic nitrogens is 1. The molecule has 1 aromatic heterocycles. The summed E-state index contributed by atoms with van der Waals surface area (Å²) in [5, 5.41) is 6.10. The SMILES string of the molecule is CC1(C)c2ccccc2-c2ccc3c4ccc(-c5ccccc5)cc4n(-c4cccc(C5=NC(c6ccccc6)NC(c6ccccc6)=N5)c4)c3c21. The lowest BCUT2D eigenvalue weighted by molar-refractivity contribution is 0.664. The number of nitrogens with one attached hydrogen (secondary N) is 1. The second-order valence-electron chi connectivity index (χ2n) is 14.3. The van der Waals surface area contributed by atoms with Crippen molar-refractivity contribution >= 4 is 33.5 Å². The quantitative estimate of drug-likeness (QED) is 0.195. The van der Waals surface area contributed by atoms with Gasteiger partial charge in [-0.2, -0.15) is 0 Å². The highest BCUT2D eigenvalue weighted by Gasteiger charge is 2.38. The highest BCUT2D eigenvalue weighted by molar-refractivity contribution is 6.15. The predicted molar refractivity (Wildman–Crippen MR) is 216 cm³/mol. The van der Waals surface area contributed by atoms with Crippen LogP contribution in [0.1, 0.15) is 47.8 Å². The van der Waals surface area contributed by atoms with Crippen LogP contribution in [0.25, 0.3) is 49.7 Å². The fraction of sp³-hybridized carbons (Fsp3) is 0.0833. The van der Waals surface area contributed by atoms with Gasteiger partial charge in [0.1, 0.15) is 12.0 Å². The van der Waals surface area contributed by atoms with Crippen LogP contribution in [0.3, 0.4) is 0 Å². The van der Waals surface area contributed by atoms with E-state index in [9.17, 15) is 0 Å². The molecule has 0 radical (unpaired) electrons. The Bertz CT molecular complexity index is 2720. The third-order valence-electron chi connectivity index (χ3n) is 10.8. The van der Waals surface area contributed by atoms with Gasteiger partial charge in [0.25, 0.3) is 0 Å². The van der Waals surface area contributed by atoms with Gasteiger partial charge < -0.3 is 9.88 Å². The number of hydrogen-bond acceptors (Lipinski definition) is 3. The Kier molecular flexibility index (Phi) is 6.87. The van der Waals surface area contributed by atoms with E-state index >= 15 is 0 Å². The number of aliphatic imine (C=N–C) groups is 2. The lowest BCUT2D eigenvalue weighted by Gasteiger charge is -2.24. The Labute approximate surface area is 303 Å². The lowest BCUT2D eigenvalue weighted by atomic mass is 9.81. The van der Waals surface area contributed by atoms with Gasteiger partial charge in [0, 0.05) is 33.0 Å². The highest BCUT2D eigenvalue weighted by Crippen LogP contribution is 2.53. The van der Waals surface area contributed by atoms with Crippen LogP contribution in [-0.2, 0) is 5.41 Å². The van der Waals surface area contributed by atoms with Gasteiger partial charge >= 0.3 is 0 Å². The van der Waals surface area contributed by atoms with E-state index in [1.54, 1.807) is 0 Å². The smallest absolute Gasteiger partial charge is 0.159 e. The molecule has 1 atom stereocenters. The van der Waals surface area contributed by atoms with Gasteiger partial charge in [0.15, 0.2) is 5.84 Å². The van der Waals surface area contributed by atoms with Crippen LogP contribution in [0.5, 0.6) is 0 Å². The Morgan fingerprint density at radius 2 is 1.23 bits per heavy atom. The van der Waals surface area contributed by atoms with Gasteiger partial charge in [-0.15, -0.1) is 0 Å². The molecule has 1 aliphatic heterocycles. The zero-order chi connectivity index (χ0) is 34.8. The van der Waals surface area contributed by atoms with Gasteiger partial charge in [-0.1, -0.05) is 166 Å². The first-order chi connectivity index (χ1) is 25.5. The van der Waals surface area contributed by atoms with Crippen molar-refractivity contribution in [3.05, 3.63) is 198 Å². The molecule has 2 heterocycles. The standard InChI is InChI=1S/C48H36N4/c1-48(2)41-24-13-12-23-37(41)39-27-28-40-38-26-25-34(31-15-6-3-7-16-31)30-42(38)52(44(40)43(39)48)36-22-14-21-35(29-36)47-50-45(32-17-8-4-9-18-32)49-46(51-47)33-19-10-5-11-20-33/h3-30,45H,1-2H3,(H,49,50,51). The minimum Gasteiger partial charge on any atom is -0.344 e. The second-order valence-corrected chi connectivity index (χ2v) is 14.3. The first-order valence-corrected chi connectivity index (χ1v) is 18.0. The molecule has 4 nitrogen and oxygen atoms in total. The first kappa shape index (κ1) is 30.3. The van der Waals surface area contributed by atoms with Gasteiger partial charge in [-0.25, -0.2) is 9.98 Å². The summed E-state index contributed by atoms with van der Waals surface area (Å²) in [6.45, 7) is 4.75. The van der Waals surface area contributed by atoms with Crippen LogP contribution in [0.4, 0.5) is 0 Å². The van der Waals surface area contributed by atoms with Crippen LogP contribution in [0.2, 0.25) is 0 Å². The molecule has 0 saturated heterocycles. The average Bonchev–Trinajstić information content (AvgIpc) is 3.66. The van der Waals surface area contributed by atoms with Crippen molar-refractivity contribution in [2.75, 3.05) is 0 Å². The number of nitrogens with zero attached hydrogens (tertiary/aromatic N) is 3. The minimum atomic E-state index is -0.267. The molecule has 0 saturated carbocycles. The number of hydrogen-bond donors (Lipinski definition) is 1. The average molecular weight is 669 g/mol. The fourth-order valence-electron chi connectivity index (χ4n) is 8.35. The normalized spacial score (nSPS) is 15.8. The van der Waals surface area contributed by atoms with Crippen molar-refractivity contribution < 1.29 is 0 Å². The Morgan fingerprint density at radius 3 is 2.02 bits per heavy atom. The molecule has 0 spiro atoms. The van der Waals surface area contributed by atoms with Crippen LogP contribution in [0, 0.1) is 0 Å². The van der Waals surface area contributed by atoms with Crippen LogP contribution in [-0.4, -0.2) is 16.2 Å².